The van der Waals surface area contributed by atoms with Gasteiger partial charge in [-0.3, -0.25) is 9.98 Å². The molecule has 0 amide bonds. The topological polar surface area (TPSA) is 65.7 Å². The van der Waals surface area contributed by atoms with E-state index in [1.807, 2.05) is 18.3 Å². The molecule has 4 nitrogen and oxygen atoms in total. The predicted molar refractivity (Wildman–Crippen MR) is 114 cm³/mol. The number of hydrogen-bond donors (Lipinski definition) is 2. The van der Waals surface area contributed by atoms with Crippen LogP contribution in [0.2, 0.25) is 0 Å². The highest BCUT2D eigenvalue weighted by molar-refractivity contribution is 5.92. The van der Waals surface area contributed by atoms with E-state index in [1.54, 1.807) is 0 Å². The minimum absolute atomic E-state index is 0.133. The van der Waals surface area contributed by atoms with E-state index in [4.69, 9.17) is 4.99 Å². The minimum atomic E-state index is -0.219. The number of aliphatic hydroxyl groups is 2. The zero-order valence-corrected chi connectivity index (χ0v) is 17.9. The van der Waals surface area contributed by atoms with Crippen molar-refractivity contribution in [3.63, 3.8) is 0 Å². The van der Waals surface area contributed by atoms with E-state index in [0.29, 0.717) is 30.2 Å². The number of pyridine rings is 1. The van der Waals surface area contributed by atoms with E-state index in [0.717, 1.165) is 37.8 Å². The summed E-state index contributed by atoms with van der Waals surface area (Å²) in [6.07, 6.45) is 9.90. The van der Waals surface area contributed by atoms with Gasteiger partial charge in [-0.2, -0.15) is 0 Å². The normalized spacial score (nSPS) is 48.1. The Balaban J connectivity index is 1.40. The third-order valence-electron chi connectivity index (χ3n) is 9.55. The molecule has 2 N–H and O–H groups in total. The molecule has 0 aromatic carbocycles. The zero-order valence-electron chi connectivity index (χ0n) is 17.9. The second kappa shape index (κ2) is 7.16. The summed E-state index contributed by atoms with van der Waals surface area (Å²) in [5, 5.41) is 21.5. The predicted octanol–water partition coefficient (Wildman–Crippen LogP) is 4.40. The second-order valence-electron chi connectivity index (χ2n) is 10.8. The summed E-state index contributed by atoms with van der Waals surface area (Å²) < 4.78 is 0. The molecule has 4 aliphatic rings. The summed E-state index contributed by atoms with van der Waals surface area (Å²) >= 11 is 0. The van der Waals surface area contributed by atoms with Gasteiger partial charge in [0.2, 0.25) is 0 Å². The summed E-state index contributed by atoms with van der Waals surface area (Å²) in [4.78, 5) is 9.50. The Kier molecular flexibility index (Phi) is 4.86. The van der Waals surface area contributed by atoms with Gasteiger partial charge in [0.15, 0.2) is 0 Å². The lowest BCUT2D eigenvalue weighted by molar-refractivity contribution is -0.162. The first-order valence-corrected chi connectivity index (χ1v) is 11.7. The molecule has 4 fully saturated rings. The van der Waals surface area contributed by atoms with Crippen molar-refractivity contribution >= 4 is 5.71 Å². The van der Waals surface area contributed by atoms with Crippen LogP contribution < -0.4 is 0 Å². The van der Waals surface area contributed by atoms with Crippen molar-refractivity contribution < 1.29 is 10.2 Å². The molecule has 5 rings (SSSR count). The maximum Gasteiger partial charge on any atom is 0.0811 e. The van der Waals surface area contributed by atoms with Gasteiger partial charge in [-0.25, -0.2) is 0 Å². The highest BCUT2D eigenvalue weighted by Crippen LogP contribution is 2.65. The van der Waals surface area contributed by atoms with Gasteiger partial charge in [0.1, 0.15) is 0 Å². The first kappa shape index (κ1) is 19.7. The molecule has 1 heterocycles. The first-order chi connectivity index (χ1) is 13.9. The Morgan fingerprint density at radius 1 is 1.07 bits per heavy atom. The summed E-state index contributed by atoms with van der Waals surface area (Å²) in [7, 11) is 0. The molecule has 1 aromatic rings. The SMILES string of the molecule is C[C@]12CC[C@@H](O)CC1C[C@@H](O)[C@@H]1[C@@H]2CC[C@]2(C)/C(=N/Cc3ccccn3)CC[C@@H]12. The molecule has 0 saturated heterocycles. The van der Waals surface area contributed by atoms with Gasteiger partial charge in [-0.1, -0.05) is 19.9 Å². The highest BCUT2D eigenvalue weighted by atomic mass is 16.3. The minimum Gasteiger partial charge on any atom is -0.393 e. The average molecular weight is 397 g/mol. The monoisotopic (exact) mass is 396 g/mol. The Hall–Kier alpha value is -1.26. The number of rotatable bonds is 2. The standard InChI is InChI=1S/C25H36N2O2/c1-24-10-8-18(28)13-16(24)14-21(29)23-19-6-7-22(25(19,2)11-9-20(23)24)27-15-17-5-3-4-12-26-17/h3-5,12,16,18-21,23,28-29H,6-11,13-15H2,1-2H3/b27-22+/t16?,18-,19+,20+,21-,23+,24+,25+/m1/s1. The fraction of sp³-hybridized carbons (Fsp3) is 0.760. The van der Waals surface area contributed by atoms with Gasteiger partial charge < -0.3 is 10.2 Å². The Morgan fingerprint density at radius 2 is 1.93 bits per heavy atom. The first-order valence-electron chi connectivity index (χ1n) is 11.7. The fourth-order valence-corrected chi connectivity index (χ4v) is 7.92. The van der Waals surface area contributed by atoms with Crippen LogP contribution in [-0.2, 0) is 6.54 Å². The number of aliphatic imine (C=N–C) groups is 1. The molecule has 0 aliphatic heterocycles. The molecule has 4 heteroatoms. The summed E-state index contributed by atoms with van der Waals surface area (Å²) in [6, 6.07) is 6.04. The van der Waals surface area contributed by atoms with Crippen molar-refractivity contribution in [2.45, 2.75) is 84.0 Å². The maximum absolute atomic E-state index is 11.3. The van der Waals surface area contributed by atoms with Crippen LogP contribution in [-0.4, -0.2) is 33.1 Å². The van der Waals surface area contributed by atoms with Crippen LogP contribution in [0.4, 0.5) is 0 Å². The molecule has 4 saturated carbocycles. The van der Waals surface area contributed by atoms with E-state index < -0.39 is 0 Å². The number of aromatic nitrogens is 1. The van der Waals surface area contributed by atoms with Gasteiger partial charge in [0, 0.05) is 17.3 Å². The molecule has 8 atom stereocenters. The Morgan fingerprint density at radius 3 is 2.72 bits per heavy atom. The van der Waals surface area contributed by atoms with Gasteiger partial charge in [0.25, 0.3) is 0 Å². The lowest BCUT2D eigenvalue weighted by Crippen LogP contribution is -2.58. The van der Waals surface area contributed by atoms with Crippen molar-refractivity contribution in [2.75, 3.05) is 0 Å². The quantitative estimate of drug-likeness (QED) is 0.779. The molecule has 0 spiro atoms. The van der Waals surface area contributed by atoms with Crippen LogP contribution >= 0.6 is 0 Å². The fourth-order valence-electron chi connectivity index (χ4n) is 7.92. The number of nitrogens with zero attached hydrogens (tertiary/aromatic N) is 2. The number of aliphatic hydroxyl groups excluding tert-OH is 2. The van der Waals surface area contributed by atoms with Crippen LogP contribution in [0.3, 0.4) is 0 Å². The van der Waals surface area contributed by atoms with E-state index >= 15 is 0 Å². The van der Waals surface area contributed by atoms with Crippen molar-refractivity contribution in [3.05, 3.63) is 30.1 Å². The summed E-state index contributed by atoms with van der Waals surface area (Å²) in [5.74, 6) is 2.01. The van der Waals surface area contributed by atoms with Gasteiger partial charge in [0.05, 0.1) is 24.4 Å². The largest absolute Gasteiger partial charge is 0.393 e. The van der Waals surface area contributed by atoms with Crippen molar-refractivity contribution in [1.29, 1.82) is 0 Å². The zero-order chi connectivity index (χ0) is 20.2. The molecule has 1 unspecified atom stereocenters. The van der Waals surface area contributed by atoms with E-state index in [-0.39, 0.29) is 23.0 Å². The highest BCUT2D eigenvalue weighted by Gasteiger charge is 2.61. The second-order valence-corrected chi connectivity index (χ2v) is 10.8. The molecular formula is C25H36N2O2. The molecule has 158 valence electrons. The van der Waals surface area contributed by atoms with Crippen molar-refractivity contribution in [3.8, 4) is 0 Å². The van der Waals surface area contributed by atoms with E-state index in [9.17, 15) is 10.2 Å². The summed E-state index contributed by atoms with van der Waals surface area (Å²) in [5.41, 5.74) is 2.83. The smallest absolute Gasteiger partial charge is 0.0811 e. The van der Waals surface area contributed by atoms with E-state index in [1.165, 1.54) is 25.0 Å². The van der Waals surface area contributed by atoms with Gasteiger partial charge in [-0.15, -0.1) is 0 Å². The molecule has 4 aliphatic carbocycles. The lowest BCUT2D eigenvalue weighted by atomic mass is 9.44. The van der Waals surface area contributed by atoms with Crippen LogP contribution in [0.5, 0.6) is 0 Å². The molecule has 1 aromatic heterocycles. The van der Waals surface area contributed by atoms with Crippen molar-refractivity contribution in [1.82, 2.24) is 4.98 Å². The van der Waals surface area contributed by atoms with Gasteiger partial charge >= 0.3 is 0 Å². The van der Waals surface area contributed by atoms with Crippen LogP contribution in [0.25, 0.3) is 0 Å². The number of fused-ring (bicyclic) bond motifs is 5. The maximum atomic E-state index is 11.3. The average Bonchev–Trinajstić information content (AvgIpc) is 3.05. The van der Waals surface area contributed by atoms with Crippen LogP contribution in [0.15, 0.2) is 29.4 Å². The van der Waals surface area contributed by atoms with Crippen molar-refractivity contribution in [2.24, 2.45) is 39.5 Å². The van der Waals surface area contributed by atoms with Crippen LogP contribution in [0, 0.1) is 34.5 Å². The molecular weight excluding hydrogens is 360 g/mol. The third-order valence-corrected chi connectivity index (χ3v) is 9.55. The van der Waals surface area contributed by atoms with E-state index in [2.05, 4.69) is 24.9 Å². The lowest BCUT2D eigenvalue weighted by Gasteiger charge is -2.61. The Bertz CT molecular complexity index is 780. The molecule has 29 heavy (non-hydrogen) atoms. The summed E-state index contributed by atoms with van der Waals surface area (Å²) in [6.45, 7) is 5.57. The Labute approximate surface area is 174 Å². The van der Waals surface area contributed by atoms with Gasteiger partial charge in [-0.05, 0) is 92.6 Å². The molecule has 0 radical (unpaired) electrons. The molecule has 0 bridgehead atoms. The van der Waals surface area contributed by atoms with Crippen LogP contribution in [0.1, 0.15) is 70.9 Å². The number of hydrogen-bond acceptors (Lipinski definition) is 4. The third kappa shape index (κ3) is 3.09.